The van der Waals surface area contributed by atoms with E-state index in [1.165, 1.54) is 23.3 Å². The number of alkyl carbamates (subject to hydrolysis) is 1. The molecular weight excluding hydrogens is 735 g/mol. The van der Waals surface area contributed by atoms with Crippen LogP contribution in [0.2, 0.25) is 0 Å². The van der Waals surface area contributed by atoms with Gasteiger partial charge in [0.15, 0.2) is 0 Å². The summed E-state index contributed by atoms with van der Waals surface area (Å²) < 4.78 is 20.2. The van der Waals surface area contributed by atoms with E-state index in [0.29, 0.717) is 56.7 Å². The molecule has 1 unspecified atom stereocenters. The van der Waals surface area contributed by atoms with Gasteiger partial charge in [-0.2, -0.15) is 0 Å². The molecule has 4 N–H and O–H groups in total. The normalized spacial score (nSPS) is 28.5. The van der Waals surface area contributed by atoms with Crippen LogP contribution in [-0.4, -0.2) is 101 Å². The molecule has 0 radical (unpaired) electrons. The second kappa shape index (κ2) is 17.5. The van der Waals surface area contributed by atoms with Crippen LogP contribution in [0.4, 0.5) is 9.59 Å². The average molecular weight is 796 g/mol. The minimum Gasteiger partial charge on any atom is -0.444 e. The van der Waals surface area contributed by atoms with Gasteiger partial charge in [0.1, 0.15) is 24.3 Å². The summed E-state index contributed by atoms with van der Waals surface area (Å²) in [6.07, 6.45) is 10.9. The number of hydrogen-bond donors (Lipinski definition) is 3. The number of unbranched alkanes of at least 4 members (excludes halogenated alkanes) is 4. The van der Waals surface area contributed by atoms with Gasteiger partial charge in [-0.3, -0.25) is 14.4 Å². The van der Waals surface area contributed by atoms with Gasteiger partial charge < -0.3 is 39.8 Å². The fourth-order valence-electron chi connectivity index (χ4n) is 9.35. The van der Waals surface area contributed by atoms with Crippen LogP contribution in [0.3, 0.4) is 0 Å². The second-order valence-electron chi connectivity index (χ2n) is 17.3. The third-order valence-electron chi connectivity index (χ3n) is 13.2. The van der Waals surface area contributed by atoms with E-state index in [0.717, 1.165) is 63.4 Å². The molecule has 1 aromatic carbocycles. The minimum absolute atomic E-state index is 0.00786. The Bertz CT molecular complexity index is 1680. The van der Waals surface area contributed by atoms with Crippen LogP contribution in [0.1, 0.15) is 121 Å². The number of nitrogens with zero attached hydrogens (tertiary/aromatic N) is 2. The lowest BCUT2D eigenvalue weighted by molar-refractivity contribution is -0.139. The Balaban J connectivity index is 0.901. The zero-order valence-corrected chi connectivity index (χ0v) is 34.0. The summed E-state index contributed by atoms with van der Waals surface area (Å²) in [4.78, 5) is 69.6. The van der Waals surface area contributed by atoms with E-state index in [1.54, 1.807) is 4.90 Å². The van der Waals surface area contributed by atoms with Crippen molar-refractivity contribution >= 4 is 45.9 Å². The molecule has 3 saturated carbocycles. The number of carbonyl (C=O) groups excluding carboxylic acids is 5. The van der Waals surface area contributed by atoms with Crippen molar-refractivity contribution in [2.45, 2.75) is 152 Å². The van der Waals surface area contributed by atoms with Gasteiger partial charge in [0, 0.05) is 36.6 Å². The number of nitrogens with two attached hydrogens (primary N) is 1. The Morgan fingerprint density at radius 2 is 1.80 bits per heavy atom. The van der Waals surface area contributed by atoms with Gasteiger partial charge in [-0.15, -0.1) is 0 Å². The van der Waals surface area contributed by atoms with Gasteiger partial charge in [-0.1, -0.05) is 80.4 Å². The molecule has 5 amide bonds. The number of benzene rings is 1. The number of hydrogen-bond acceptors (Lipinski definition) is 8. The molecule has 0 bridgehead atoms. The highest BCUT2D eigenvalue weighted by Crippen LogP contribution is 2.56. The molecule has 0 aromatic heterocycles. The van der Waals surface area contributed by atoms with Crippen molar-refractivity contribution in [3.05, 3.63) is 35.4 Å². The zero-order chi connectivity index (χ0) is 39.5. The molecule has 7 rings (SSSR count). The highest BCUT2D eigenvalue weighted by Gasteiger charge is 2.55. The van der Waals surface area contributed by atoms with Gasteiger partial charge in [0.25, 0.3) is 0 Å². The van der Waals surface area contributed by atoms with E-state index in [4.69, 9.17) is 19.9 Å². The van der Waals surface area contributed by atoms with Crippen molar-refractivity contribution in [3.8, 4) is 0 Å². The molecule has 3 aliphatic heterocycles. The Hall–Kier alpha value is -3.65. The van der Waals surface area contributed by atoms with E-state index in [9.17, 15) is 24.0 Å². The number of primary amides is 1. The first-order valence-electron chi connectivity index (χ1n) is 21.0. The fraction of sp³-hybridized carbons (Fsp3) is 0.714. The Morgan fingerprint density at radius 1 is 1.04 bits per heavy atom. The highest BCUT2D eigenvalue weighted by atomic mass is 32.2. The molecule has 5 fully saturated rings. The van der Waals surface area contributed by atoms with E-state index in [2.05, 4.69) is 40.5 Å². The maximum Gasteiger partial charge on any atom is 0.410 e. The third kappa shape index (κ3) is 9.22. The summed E-state index contributed by atoms with van der Waals surface area (Å²) in [5.74, 6) is -0.500. The molecule has 13 nitrogen and oxygen atoms in total. The summed E-state index contributed by atoms with van der Waals surface area (Å²) >= 11 is 0. The van der Waals surface area contributed by atoms with Crippen LogP contribution in [0.15, 0.2) is 24.3 Å². The average Bonchev–Trinajstić information content (AvgIpc) is 4.01. The van der Waals surface area contributed by atoms with E-state index in [-0.39, 0.29) is 46.5 Å². The molecule has 2 saturated heterocycles. The quantitative estimate of drug-likeness (QED) is 0.147. The second-order valence-corrected chi connectivity index (χ2v) is 19.4. The molecule has 308 valence electrons. The molecular formula is C42H61N5O8S. The topological polar surface area (TPSA) is 170 Å². The summed E-state index contributed by atoms with van der Waals surface area (Å²) in [5.41, 5.74) is 7.95. The molecule has 7 atom stereocenters. The van der Waals surface area contributed by atoms with E-state index < -0.39 is 42.2 Å². The Morgan fingerprint density at radius 3 is 2.50 bits per heavy atom. The van der Waals surface area contributed by atoms with Crippen LogP contribution >= 0.6 is 10.7 Å². The molecule has 6 aliphatic rings. The smallest absolute Gasteiger partial charge is 0.410 e. The van der Waals surface area contributed by atoms with Crippen molar-refractivity contribution in [1.82, 2.24) is 19.8 Å². The lowest BCUT2D eigenvalue weighted by Crippen LogP contribution is -2.53. The molecule has 3 heterocycles. The van der Waals surface area contributed by atoms with Gasteiger partial charge in [0.05, 0.1) is 25.2 Å². The monoisotopic (exact) mass is 795 g/mol. The largest absolute Gasteiger partial charge is 0.444 e. The lowest BCUT2D eigenvalue weighted by atomic mass is 9.61. The van der Waals surface area contributed by atoms with Crippen LogP contribution in [-0.2, 0) is 40.6 Å². The van der Waals surface area contributed by atoms with E-state index in [1.807, 2.05) is 13.0 Å². The molecule has 14 heteroatoms. The summed E-state index contributed by atoms with van der Waals surface area (Å²) in [5, 5.41) is 5.55. The van der Waals surface area contributed by atoms with Crippen molar-refractivity contribution in [3.63, 3.8) is 0 Å². The number of amides is 5. The maximum absolute atomic E-state index is 14.2. The van der Waals surface area contributed by atoms with Crippen molar-refractivity contribution in [2.75, 3.05) is 26.3 Å². The first kappa shape index (κ1) is 40.5. The van der Waals surface area contributed by atoms with E-state index >= 15 is 0 Å². The van der Waals surface area contributed by atoms with Gasteiger partial charge >= 0.3 is 12.2 Å². The highest BCUT2D eigenvalue weighted by molar-refractivity contribution is 8.14. The summed E-state index contributed by atoms with van der Waals surface area (Å²) in [7, 11) is -0.101. The predicted molar refractivity (Wildman–Crippen MR) is 214 cm³/mol. The van der Waals surface area contributed by atoms with Gasteiger partial charge in [0.2, 0.25) is 17.7 Å². The summed E-state index contributed by atoms with van der Waals surface area (Å²) in [6, 6.07) is 6.36. The minimum atomic E-state index is -0.973. The number of ether oxygens (including phenoxy) is 3. The first-order valence-corrected chi connectivity index (χ1v) is 22.4. The summed E-state index contributed by atoms with van der Waals surface area (Å²) in [6.45, 7) is 5.98. The molecule has 1 spiro atoms. The molecule has 56 heavy (non-hydrogen) atoms. The standard InChI is InChI=1S/C42H61N5O8S/c1-3-56(32-16-17-32)45-38(50)41(2)23-29(41)13-7-5-4-6-8-15-34(44-39(51)54-30-18-21-53-26-30)37(49)47-25-31(22-35(47)36(43)48)55-40(52)46-24-28-12-9-10-14-33(28)42(27-46)19-11-20-42/h3,9-10,12,14,29-32,34-35H,4-8,11,13,15-27H2,1-2H3,(H2,43,48)(H,44,51)(H,45,50)/t29-,30-,31-,34+,35+,41+,56?/m1/s1. The number of carbonyl (C=O) groups is 5. The van der Waals surface area contributed by atoms with Crippen molar-refractivity contribution in [2.24, 2.45) is 17.1 Å². The van der Waals surface area contributed by atoms with Gasteiger partial charge in [-0.05, 0) is 74.3 Å². The van der Waals surface area contributed by atoms with Crippen LogP contribution < -0.4 is 15.8 Å². The predicted octanol–water partition coefficient (Wildman–Crippen LogP) is 5.44. The molecule has 1 aromatic rings. The zero-order valence-electron chi connectivity index (χ0n) is 33.1. The Kier molecular flexibility index (Phi) is 12.6. The fourth-order valence-corrected chi connectivity index (χ4v) is 11.1. The van der Waals surface area contributed by atoms with Crippen molar-refractivity contribution < 1.29 is 38.2 Å². The van der Waals surface area contributed by atoms with Crippen LogP contribution in [0.25, 0.3) is 0 Å². The van der Waals surface area contributed by atoms with Crippen LogP contribution in [0.5, 0.6) is 0 Å². The number of fused-ring (bicyclic) bond motifs is 2. The number of nitrogens with one attached hydrogen (secondary N) is 2. The van der Waals surface area contributed by atoms with Gasteiger partial charge in [-0.25, -0.2) is 9.59 Å². The number of likely N-dealkylation sites (tertiary alicyclic amines) is 1. The number of rotatable bonds is 16. The van der Waals surface area contributed by atoms with Crippen LogP contribution in [0, 0.1) is 11.3 Å². The third-order valence-corrected chi connectivity index (χ3v) is 15.3. The SMILES string of the molecule is C/C=S(/NC(=O)[C@@]1(C)C[C@H]1CCCCCCC[C@H](NC(=O)O[C@@H]1CCOC1)C(=O)N1C[C@H](OC(=O)N2Cc3ccccc3C3(CCC3)C2)C[C@H]1C(N)=O)C1CC1. The Labute approximate surface area is 333 Å². The molecule has 3 aliphatic carbocycles. The lowest BCUT2D eigenvalue weighted by Gasteiger charge is -2.49. The first-order chi connectivity index (χ1) is 27.0. The maximum atomic E-state index is 14.2. The van der Waals surface area contributed by atoms with Crippen molar-refractivity contribution in [1.29, 1.82) is 0 Å².